The second-order valence-electron chi connectivity index (χ2n) is 8.24. The molecule has 1 aromatic rings. The lowest BCUT2D eigenvalue weighted by Gasteiger charge is -2.36. The van der Waals surface area contributed by atoms with Crippen molar-refractivity contribution in [3.63, 3.8) is 0 Å². The van der Waals surface area contributed by atoms with Gasteiger partial charge in [-0.2, -0.15) is 0 Å². The van der Waals surface area contributed by atoms with Gasteiger partial charge in [-0.15, -0.1) is 24.8 Å². The number of amides is 2. The first kappa shape index (κ1) is 26.5. The van der Waals surface area contributed by atoms with E-state index >= 15 is 0 Å². The van der Waals surface area contributed by atoms with Crippen molar-refractivity contribution in [1.82, 2.24) is 10.2 Å². The van der Waals surface area contributed by atoms with Crippen LogP contribution in [0.15, 0.2) is 30.3 Å². The zero-order valence-corrected chi connectivity index (χ0v) is 19.3. The van der Waals surface area contributed by atoms with E-state index in [1.165, 1.54) is 12.1 Å². The van der Waals surface area contributed by atoms with E-state index in [1.54, 1.807) is 0 Å². The Labute approximate surface area is 192 Å². The van der Waals surface area contributed by atoms with Gasteiger partial charge in [-0.25, -0.2) is 0 Å². The first-order chi connectivity index (χ1) is 13.6. The van der Waals surface area contributed by atoms with Crippen LogP contribution >= 0.6 is 24.8 Å². The highest BCUT2D eigenvalue weighted by molar-refractivity contribution is 5.85. The lowest BCUT2D eigenvalue weighted by molar-refractivity contribution is -0.131. The van der Waals surface area contributed by atoms with Crippen LogP contribution in [0.4, 0.5) is 5.69 Å². The number of anilines is 1. The van der Waals surface area contributed by atoms with Crippen molar-refractivity contribution in [1.29, 1.82) is 0 Å². The Morgan fingerprint density at radius 3 is 2.20 bits per heavy atom. The van der Waals surface area contributed by atoms with Crippen LogP contribution in [-0.2, 0) is 9.59 Å². The topological polar surface area (TPSA) is 78.7 Å². The van der Waals surface area contributed by atoms with Crippen molar-refractivity contribution in [2.45, 2.75) is 44.9 Å². The minimum atomic E-state index is -0.0277. The molecule has 1 aliphatic heterocycles. The summed E-state index contributed by atoms with van der Waals surface area (Å²) < 4.78 is 0. The third-order valence-corrected chi connectivity index (χ3v) is 6.30. The maximum Gasteiger partial charge on any atom is 0.224 e. The summed E-state index contributed by atoms with van der Waals surface area (Å²) in [5, 5.41) is 2.94. The first-order valence-electron chi connectivity index (χ1n) is 10.7. The zero-order chi connectivity index (χ0) is 19.8. The third kappa shape index (κ3) is 7.33. The second kappa shape index (κ2) is 13.0. The molecule has 30 heavy (non-hydrogen) atoms. The van der Waals surface area contributed by atoms with Crippen LogP contribution in [0.2, 0.25) is 0 Å². The summed E-state index contributed by atoms with van der Waals surface area (Å²) in [6.45, 7) is 4.15. The van der Waals surface area contributed by atoms with Crippen molar-refractivity contribution >= 4 is 42.3 Å². The molecule has 2 aliphatic rings. The number of piperazine rings is 1. The van der Waals surface area contributed by atoms with Gasteiger partial charge in [0, 0.05) is 51.3 Å². The van der Waals surface area contributed by atoms with Gasteiger partial charge in [0.15, 0.2) is 0 Å². The molecule has 8 heteroatoms. The molecule has 0 spiro atoms. The summed E-state index contributed by atoms with van der Waals surface area (Å²) in [5.41, 5.74) is 7.15. The number of rotatable bonds is 7. The molecule has 0 aromatic heterocycles. The molecule has 0 unspecified atom stereocenters. The number of benzene rings is 1. The number of hydrogen-bond donors (Lipinski definition) is 2. The summed E-state index contributed by atoms with van der Waals surface area (Å²) in [6.07, 6.45) is 6.52. The van der Waals surface area contributed by atoms with E-state index in [0.717, 1.165) is 51.9 Å². The average molecular weight is 459 g/mol. The fourth-order valence-electron chi connectivity index (χ4n) is 4.48. The fraction of sp³-hybridized carbons (Fsp3) is 0.636. The van der Waals surface area contributed by atoms with Gasteiger partial charge in [-0.05, 0) is 36.9 Å². The quantitative estimate of drug-likeness (QED) is 0.657. The van der Waals surface area contributed by atoms with Gasteiger partial charge in [-0.3, -0.25) is 9.59 Å². The van der Waals surface area contributed by atoms with Crippen LogP contribution in [0, 0.1) is 5.41 Å². The van der Waals surface area contributed by atoms with E-state index in [-0.39, 0.29) is 42.0 Å². The summed E-state index contributed by atoms with van der Waals surface area (Å²) in [5.74, 6) is 0.160. The molecule has 0 bridgehead atoms. The zero-order valence-electron chi connectivity index (χ0n) is 17.7. The monoisotopic (exact) mass is 458 g/mol. The van der Waals surface area contributed by atoms with Crippen LogP contribution in [0.1, 0.15) is 44.9 Å². The number of nitrogens with zero attached hydrogens (tertiary/aromatic N) is 2. The molecule has 1 aromatic carbocycles. The standard InChI is InChI=1S/C22H34N4O2.2ClH/c23-18-22(10-5-2-6-11-22)17-20(27)24-12-9-21(28)26-15-13-25(14-16-26)19-7-3-1-4-8-19;;/h1,3-4,7-8H,2,5-6,9-18,23H2,(H,24,27);2*1H. The van der Waals surface area contributed by atoms with Crippen LogP contribution < -0.4 is 16.0 Å². The van der Waals surface area contributed by atoms with Crippen LogP contribution in [0.5, 0.6) is 0 Å². The summed E-state index contributed by atoms with van der Waals surface area (Å²) in [4.78, 5) is 29.0. The van der Waals surface area contributed by atoms with E-state index in [1.807, 2.05) is 23.1 Å². The molecule has 6 nitrogen and oxygen atoms in total. The van der Waals surface area contributed by atoms with Gasteiger partial charge in [0.1, 0.15) is 0 Å². The maximum absolute atomic E-state index is 12.5. The van der Waals surface area contributed by atoms with Crippen molar-refractivity contribution in [3.8, 4) is 0 Å². The number of hydrogen-bond acceptors (Lipinski definition) is 4. The highest BCUT2D eigenvalue weighted by Gasteiger charge is 2.32. The third-order valence-electron chi connectivity index (χ3n) is 6.30. The molecular formula is C22H36Cl2N4O2. The summed E-state index contributed by atoms with van der Waals surface area (Å²) >= 11 is 0. The van der Waals surface area contributed by atoms with Crippen LogP contribution in [0.25, 0.3) is 0 Å². The summed E-state index contributed by atoms with van der Waals surface area (Å²) in [7, 11) is 0. The summed E-state index contributed by atoms with van der Waals surface area (Å²) in [6, 6.07) is 10.3. The Bertz CT molecular complexity index is 646. The number of para-hydroxylation sites is 1. The normalized spacial score (nSPS) is 18.0. The van der Waals surface area contributed by atoms with E-state index in [9.17, 15) is 9.59 Å². The van der Waals surface area contributed by atoms with Gasteiger partial charge < -0.3 is 20.9 Å². The number of halogens is 2. The van der Waals surface area contributed by atoms with Gasteiger partial charge in [0.05, 0.1) is 0 Å². The van der Waals surface area contributed by atoms with Gasteiger partial charge >= 0.3 is 0 Å². The second-order valence-corrected chi connectivity index (χ2v) is 8.24. The highest BCUT2D eigenvalue weighted by atomic mass is 35.5. The molecule has 1 aliphatic carbocycles. The lowest BCUT2D eigenvalue weighted by atomic mass is 9.71. The Kier molecular flexibility index (Phi) is 11.5. The van der Waals surface area contributed by atoms with Gasteiger partial charge in [0.25, 0.3) is 0 Å². The predicted molar refractivity (Wildman–Crippen MR) is 127 cm³/mol. The van der Waals surface area contributed by atoms with Gasteiger partial charge in [0.2, 0.25) is 11.8 Å². The first-order valence-corrected chi connectivity index (χ1v) is 10.7. The highest BCUT2D eigenvalue weighted by Crippen LogP contribution is 2.38. The van der Waals surface area contributed by atoms with Crippen LogP contribution in [0.3, 0.4) is 0 Å². The molecule has 0 atom stereocenters. The molecule has 0 radical (unpaired) electrons. The Hall–Kier alpha value is -1.50. The van der Waals surface area contributed by atoms with Crippen LogP contribution in [-0.4, -0.2) is 56.0 Å². The predicted octanol–water partition coefficient (Wildman–Crippen LogP) is 2.98. The number of nitrogens with two attached hydrogens (primary N) is 1. The Morgan fingerprint density at radius 2 is 1.60 bits per heavy atom. The minimum absolute atomic E-state index is 0. The van der Waals surface area contributed by atoms with E-state index < -0.39 is 0 Å². The van der Waals surface area contributed by atoms with E-state index in [0.29, 0.717) is 25.9 Å². The number of nitrogens with one attached hydrogen (secondary N) is 1. The maximum atomic E-state index is 12.5. The van der Waals surface area contributed by atoms with E-state index in [4.69, 9.17) is 5.73 Å². The smallest absolute Gasteiger partial charge is 0.224 e. The molecule has 1 saturated heterocycles. The molecule has 170 valence electrons. The molecular weight excluding hydrogens is 423 g/mol. The molecule has 3 rings (SSSR count). The molecule has 2 amide bonds. The minimum Gasteiger partial charge on any atom is -0.368 e. The van der Waals surface area contributed by atoms with Crippen molar-refractivity contribution in [2.24, 2.45) is 11.1 Å². The lowest BCUT2D eigenvalue weighted by Crippen LogP contribution is -2.49. The molecule has 1 heterocycles. The fourth-order valence-corrected chi connectivity index (χ4v) is 4.48. The Morgan fingerprint density at radius 1 is 0.967 bits per heavy atom. The Balaban J connectivity index is 0.00000225. The average Bonchev–Trinajstić information content (AvgIpc) is 2.75. The van der Waals surface area contributed by atoms with Crippen molar-refractivity contribution in [3.05, 3.63) is 30.3 Å². The van der Waals surface area contributed by atoms with Crippen molar-refractivity contribution in [2.75, 3.05) is 44.2 Å². The van der Waals surface area contributed by atoms with Gasteiger partial charge in [-0.1, -0.05) is 37.5 Å². The van der Waals surface area contributed by atoms with E-state index in [2.05, 4.69) is 22.3 Å². The number of carbonyl (C=O) groups is 2. The molecule has 2 fully saturated rings. The molecule has 3 N–H and O–H groups in total. The largest absolute Gasteiger partial charge is 0.368 e. The number of carbonyl (C=O) groups excluding carboxylic acids is 2. The SMILES string of the molecule is Cl.Cl.NCC1(CC(=O)NCCC(=O)N2CCN(c3ccccc3)CC2)CCCCC1. The van der Waals surface area contributed by atoms with Crippen molar-refractivity contribution < 1.29 is 9.59 Å². The molecule has 1 saturated carbocycles.